The highest BCUT2D eigenvalue weighted by molar-refractivity contribution is 6.07. The summed E-state index contributed by atoms with van der Waals surface area (Å²) in [5.41, 5.74) is -0.807. The van der Waals surface area contributed by atoms with Gasteiger partial charge in [0.15, 0.2) is 0 Å². The third-order valence-electron chi connectivity index (χ3n) is 5.87. The van der Waals surface area contributed by atoms with Gasteiger partial charge in [-0.05, 0) is 61.4 Å². The van der Waals surface area contributed by atoms with E-state index in [1.165, 1.54) is 24.3 Å². The van der Waals surface area contributed by atoms with Gasteiger partial charge in [-0.15, -0.1) is 13.2 Å². The summed E-state index contributed by atoms with van der Waals surface area (Å²) >= 11 is 0. The van der Waals surface area contributed by atoms with Crippen LogP contribution in [0.3, 0.4) is 0 Å². The molecule has 3 rings (SSSR count). The van der Waals surface area contributed by atoms with Crippen LogP contribution in [0.25, 0.3) is 0 Å². The topological polar surface area (TPSA) is 117 Å². The Morgan fingerprint density at radius 1 is 0.738 bits per heavy atom. The van der Waals surface area contributed by atoms with Gasteiger partial charge in [0.05, 0.1) is 19.6 Å². The molecule has 42 heavy (non-hydrogen) atoms. The van der Waals surface area contributed by atoms with Crippen molar-refractivity contribution in [1.29, 1.82) is 0 Å². The Morgan fingerprint density at radius 3 is 1.83 bits per heavy atom. The van der Waals surface area contributed by atoms with E-state index in [-0.39, 0.29) is 30.8 Å². The van der Waals surface area contributed by atoms with E-state index in [0.29, 0.717) is 11.3 Å². The minimum absolute atomic E-state index is 0.0125. The normalized spacial score (nSPS) is 11.3. The number of ether oxygens (including phenoxy) is 4. The van der Waals surface area contributed by atoms with Crippen LogP contribution < -0.4 is 10.1 Å². The van der Waals surface area contributed by atoms with Gasteiger partial charge < -0.3 is 24.3 Å². The first-order valence-electron chi connectivity index (χ1n) is 12.8. The summed E-state index contributed by atoms with van der Waals surface area (Å²) in [7, 11) is 0. The number of hydrogen-bond donors (Lipinski definition) is 1. The number of rotatable bonds is 12. The van der Waals surface area contributed by atoms with Crippen LogP contribution in [0.4, 0.5) is 18.9 Å². The molecule has 1 N–H and O–H groups in total. The average molecular weight is 588 g/mol. The Balaban J connectivity index is 1.66. The molecule has 0 aliphatic heterocycles. The van der Waals surface area contributed by atoms with Crippen molar-refractivity contribution in [2.45, 2.75) is 32.0 Å². The molecular weight excluding hydrogens is 559 g/mol. The SMILES string of the molecule is CCOC(=O)C(COC(=O)Cc1ccc(NC(=O)c2ccc(OC(F)(F)F)cc2)cc1)(C(=O)OCC)c1ccccc1. The highest BCUT2D eigenvalue weighted by Crippen LogP contribution is 2.29. The van der Waals surface area contributed by atoms with Crippen molar-refractivity contribution in [2.75, 3.05) is 25.1 Å². The molecule has 222 valence electrons. The summed E-state index contributed by atoms with van der Waals surface area (Å²) in [4.78, 5) is 51.3. The number of alkyl halides is 3. The maximum Gasteiger partial charge on any atom is 0.573 e. The molecule has 0 atom stereocenters. The highest BCUT2D eigenvalue weighted by atomic mass is 19.4. The second-order valence-electron chi connectivity index (χ2n) is 8.77. The van der Waals surface area contributed by atoms with Gasteiger partial charge in [-0.3, -0.25) is 19.2 Å². The van der Waals surface area contributed by atoms with Crippen molar-refractivity contribution in [1.82, 2.24) is 0 Å². The molecule has 0 bridgehead atoms. The van der Waals surface area contributed by atoms with Crippen LogP contribution in [0.15, 0.2) is 78.9 Å². The number of esters is 3. The van der Waals surface area contributed by atoms with E-state index in [1.54, 1.807) is 56.3 Å². The van der Waals surface area contributed by atoms with Gasteiger partial charge in [0, 0.05) is 11.3 Å². The summed E-state index contributed by atoms with van der Waals surface area (Å²) in [5, 5.41) is 2.60. The largest absolute Gasteiger partial charge is 0.573 e. The molecule has 0 fully saturated rings. The Bertz CT molecular complexity index is 1360. The molecule has 0 spiro atoms. The first-order chi connectivity index (χ1) is 20.0. The summed E-state index contributed by atoms with van der Waals surface area (Å²) in [6.07, 6.45) is -5.06. The van der Waals surface area contributed by atoms with E-state index in [1.807, 2.05) is 0 Å². The molecule has 3 aromatic rings. The molecule has 0 unspecified atom stereocenters. The van der Waals surface area contributed by atoms with E-state index >= 15 is 0 Å². The summed E-state index contributed by atoms with van der Waals surface area (Å²) < 4.78 is 56.5. The van der Waals surface area contributed by atoms with Gasteiger partial charge in [-0.2, -0.15) is 0 Å². The third kappa shape index (κ3) is 8.32. The molecule has 0 saturated carbocycles. The molecule has 1 amide bonds. The monoisotopic (exact) mass is 587 g/mol. The Labute approximate surface area is 239 Å². The quantitative estimate of drug-likeness (QED) is 0.179. The Kier molecular flexibility index (Phi) is 10.7. The number of hydrogen-bond acceptors (Lipinski definition) is 8. The predicted octanol–water partition coefficient (Wildman–Crippen LogP) is 4.99. The standard InChI is InChI=1S/C30H28F3NO8/c1-3-39-27(37)29(28(38)40-4-2,22-8-6-5-7-9-22)19-41-25(35)18-20-10-14-23(15-11-20)34-26(36)21-12-16-24(17-13-21)42-30(31,32)33/h5-17H,3-4,18-19H2,1-2H3,(H,34,36). The number of benzene rings is 3. The first kappa shape index (κ1) is 31.7. The van der Waals surface area contributed by atoms with Crippen molar-refractivity contribution >= 4 is 29.5 Å². The summed E-state index contributed by atoms with van der Waals surface area (Å²) in [6.45, 7) is 2.50. The number of halogens is 3. The lowest BCUT2D eigenvalue weighted by Gasteiger charge is -2.29. The van der Waals surface area contributed by atoms with Gasteiger partial charge in [0.25, 0.3) is 5.91 Å². The number of amides is 1. The summed E-state index contributed by atoms with van der Waals surface area (Å²) in [6, 6.07) is 18.6. The zero-order valence-corrected chi connectivity index (χ0v) is 22.7. The van der Waals surface area contributed by atoms with Crippen LogP contribution >= 0.6 is 0 Å². The highest BCUT2D eigenvalue weighted by Gasteiger charge is 2.52. The zero-order chi connectivity index (χ0) is 30.8. The molecule has 0 radical (unpaired) electrons. The third-order valence-corrected chi connectivity index (χ3v) is 5.87. The lowest BCUT2D eigenvalue weighted by molar-refractivity contribution is -0.274. The molecular formula is C30H28F3NO8. The molecule has 9 nitrogen and oxygen atoms in total. The van der Waals surface area contributed by atoms with E-state index < -0.39 is 47.9 Å². The van der Waals surface area contributed by atoms with Crippen LogP contribution in [0, 0.1) is 0 Å². The van der Waals surface area contributed by atoms with E-state index in [0.717, 1.165) is 12.1 Å². The van der Waals surface area contributed by atoms with Crippen LogP contribution in [-0.2, 0) is 40.4 Å². The number of carbonyl (C=O) groups excluding carboxylic acids is 4. The van der Waals surface area contributed by atoms with Crippen molar-refractivity contribution in [3.05, 3.63) is 95.6 Å². The van der Waals surface area contributed by atoms with Crippen LogP contribution in [-0.4, -0.2) is 50.0 Å². The zero-order valence-electron chi connectivity index (χ0n) is 22.7. The molecule has 12 heteroatoms. The average Bonchev–Trinajstić information content (AvgIpc) is 2.95. The lowest BCUT2D eigenvalue weighted by atomic mass is 9.81. The Hall–Kier alpha value is -4.87. The number of nitrogens with one attached hydrogen (secondary N) is 1. The minimum atomic E-state index is -4.84. The van der Waals surface area contributed by atoms with Crippen molar-refractivity contribution in [3.8, 4) is 5.75 Å². The van der Waals surface area contributed by atoms with Crippen molar-refractivity contribution in [2.24, 2.45) is 0 Å². The first-order valence-corrected chi connectivity index (χ1v) is 12.8. The van der Waals surface area contributed by atoms with Gasteiger partial charge >= 0.3 is 24.3 Å². The van der Waals surface area contributed by atoms with Crippen LogP contribution in [0.1, 0.15) is 35.3 Å². The minimum Gasteiger partial charge on any atom is -0.465 e. The van der Waals surface area contributed by atoms with E-state index in [2.05, 4.69) is 10.1 Å². The summed E-state index contributed by atoms with van der Waals surface area (Å²) in [5.74, 6) is -3.59. The van der Waals surface area contributed by atoms with Gasteiger partial charge in [0.1, 0.15) is 12.4 Å². The smallest absolute Gasteiger partial charge is 0.465 e. The van der Waals surface area contributed by atoms with Gasteiger partial charge in [0.2, 0.25) is 5.41 Å². The van der Waals surface area contributed by atoms with E-state index in [4.69, 9.17) is 14.2 Å². The van der Waals surface area contributed by atoms with Gasteiger partial charge in [-0.1, -0.05) is 42.5 Å². The fraction of sp³-hybridized carbons (Fsp3) is 0.267. The molecule has 0 aliphatic rings. The van der Waals surface area contributed by atoms with Crippen LogP contribution in [0.2, 0.25) is 0 Å². The lowest BCUT2D eigenvalue weighted by Crippen LogP contribution is -2.50. The second-order valence-corrected chi connectivity index (χ2v) is 8.77. The van der Waals surface area contributed by atoms with Crippen LogP contribution in [0.5, 0.6) is 5.75 Å². The maximum atomic E-state index is 13.1. The fourth-order valence-corrected chi connectivity index (χ4v) is 3.88. The van der Waals surface area contributed by atoms with Gasteiger partial charge in [-0.25, -0.2) is 0 Å². The molecule has 0 heterocycles. The Morgan fingerprint density at radius 2 is 1.31 bits per heavy atom. The van der Waals surface area contributed by atoms with Crippen molar-refractivity contribution in [3.63, 3.8) is 0 Å². The van der Waals surface area contributed by atoms with Crippen molar-refractivity contribution < 1.29 is 51.3 Å². The maximum absolute atomic E-state index is 13.1. The predicted molar refractivity (Wildman–Crippen MR) is 144 cm³/mol. The molecule has 0 saturated heterocycles. The van der Waals surface area contributed by atoms with E-state index in [9.17, 15) is 32.3 Å². The fourth-order valence-electron chi connectivity index (χ4n) is 3.88. The molecule has 3 aromatic carbocycles. The molecule has 0 aromatic heterocycles. The number of anilines is 1. The molecule has 0 aliphatic carbocycles. The number of carbonyl (C=O) groups is 4. The second kappa shape index (κ2) is 14.2.